The van der Waals surface area contributed by atoms with E-state index in [-0.39, 0.29) is 36.6 Å². The Balaban J connectivity index is 1.61. The topological polar surface area (TPSA) is 137 Å². The molecule has 0 saturated heterocycles. The van der Waals surface area contributed by atoms with Gasteiger partial charge in [0.2, 0.25) is 17.7 Å². The number of benzene rings is 1. The third-order valence-corrected chi connectivity index (χ3v) is 7.24. The van der Waals surface area contributed by atoms with Crippen LogP contribution in [-0.4, -0.2) is 65.0 Å². The Labute approximate surface area is 229 Å². The van der Waals surface area contributed by atoms with Crippen molar-refractivity contribution in [2.24, 2.45) is 5.92 Å². The standard InChI is InChI=1S/C29H40N6O4/c1-20(2)16-23-27(37)35-29(11-5-6-12-29)28(38)34-24(17-22-18-30-19-33-22)26(36)32-13-7-9-21-8-3-4-10-25(21)39-15-14-31-23/h3-4,7-10,18-20,23-24,31H,5-6,11-17H2,1-2H3,(H,30,33)(H,32,36)(H,34,38)(H,35,37)/b9-7-. The molecule has 210 valence electrons. The normalized spacial score (nSPS) is 23.6. The molecule has 2 unspecified atom stereocenters. The van der Waals surface area contributed by atoms with Gasteiger partial charge in [-0.1, -0.05) is 57.0 Å². The maximum Gasteiger partial charge on any atom is 0.246 e. The predicted octanol–water partition coefficient (Wildman–Crippen LogP) is 2.09. The number of para-hydroxylation sites is 1. The highest BCUT2D eigenvalue weighted by Gasteiger charge is 2.44. The number of hydrogen-bond acceptors (Lipinski definition) is 6. The van der Waals surface area contributed by atoms with Crippen LogP contribution in [0, 0.1) is 5.92 Å². The number of nitrogens with zero attached hydrogens (tertiary/aromatic N) is 1. The molecule has 10 heteroatoms. The van der Waals surface area contributed by atoms with Crippen molar-refractivity contribution in [3.8, 4) is 5.75 Å². The number of ether oxygens (including phenoxy) is 1. The van der Waals surface area contributed by atoms with Crippen LogP contribution in [0.15, 0.2) is 42.9 Å². The Morgan fingerprint density at radius 2 is 1.87 bits per heavy atom. The van der Waals surface area contributed by atoms with Crippen molar-refractivity contribution in [1.29, 1.82) is 0 Å². The number of carbonyl (C=O) groups excluding carboxylic acids is 3. The van der Waals surface area contributed by atoms with Crippen LogP contribution >= 0.6 is 0 Å². The van der Waals surface area contributed by atoms with Crippen molar-refractivity contribution in [1.82, 2.24) is 31.2 Å². The van der Waals surface area contributed by atoms with Crippen LogP contribution in [0.3, 0.4) is 0 Å². The molecule has 0 radical (unpaired) electrons. The third kappa shape index (κ3) is 7.69. The zero-order valence-electron chi connectivity index (χ0n) is 22.8. The molecule has 10 nitrogen and oxygen atoms in total. The van der Waals surface area contributed by atoms with Crippen molar-refractivity contribution in [2.45, 2.75) is 70.0 Å². The quantitative estimate of drug-likeness (QED) is 0.406. The van der Waals surface area contributed by atoms with Gasteiger partial charge in [-0.05, 0) is 31.2 Å². The first-order valence-corrected chi connectivity index (χ1v) is 13.9. The summed E-state index contributed by atoms with van der Waals surface area (Å²) in [4.78, 5) is 47.6. The molecule has 2 heterocycles. The van der Waals surface area contributed by atoms with Gasteiger partial charge in [-0.3, -0.25) is 14.4 Å². The lowest BCUT2D eigenvalue weighted by Crippen LogP contribution is -2.63. The highest BCUT2D eigenvalue weighted by atomic mass is 16.5. The van der Waals surface area contributed by atoms with Crippen LogP contribution < -0.4 is 26.0 Å². The van der Waals surface area contributed by atoms with Gasteiger partial charge in [0.1, 0.15) is 23.9 Å². The monoisotopic (exact) mass is 536 g/mol. The fourth-order valence-corrected chi connectivity index (χ4v) is 5.20. The molecule has 1 aromatic carbocycles. The molecule has 1 spiro atoms. The van der Waals surface area contributed by atoms with E-state index in [0.29, 0.717) is 32.4 Å². The number of nitrogens with one attached hydrogen (secondary N) is 5. The summed E-state index contributed by atoms with van der Waals surface area (Å²) >= 11 is 0. The van der Waals surface area contributed by atoms with Gasteiger partial charge >= 0.3 is 0 Å². The van der Waals surface area contributed by atoms with Crippen LogP contribution in [0.25, 0.3) is 6.08 Å². The highest BCUT2D eigenvalue weighted by molar-refractivity contribution is 5.96. The molecule has 5 N–H and O–H groups in total. The summed E-state index contributed by atoms with van der Waals surface area (Å²) in [5.41, 5.74) is 0.557. The average Bonchev–Trinajstić information content (AvgIpc) is 3.61. The first kappa shape index (κ1) is 28.4. The number of H-pyrrole nitrogens is 1. The molecule has 1 saturated carbocycles. The van der Waals surface area contributed by atoms with Crippen LogP contribution in [0.4, 0.5) is 0 Å². The lowest BCUT2D eigenvalue weighted by Gasteiger charge is -2.33. The number of amides is 3. The van der Waals surface area contributed by atoms with E-state index in [9.17, 15) is 14.4 Å². The second kappa shape index (κ2) is 13.4. The van der Waals surface area contributed by atoms with E-state index in [1.165, 1.54) is 0 Å². The van der Waals surface area contributed by atoms with Gasteiger partial charge in [0, 0.05) is 37.0 Å². The second-order valence-electron chi connectivity index (χ2n) is 10.8. The van der Waals surface area contributed by atoms with E-state index < -0.39 is 17.6 Å². The van der Waals surface area contributed by atoms with Gasteiger partial charge < -0.3 is 31.0 Å². The summed E-state index contributed by atoms with van der Waals surface area (Å²) in [7, 11) is 0. The summed E-state index contributed by atoms with van der Waals surface area (Å²) in [6.45, 7) is 5.27. The number of aromatic amines is 1. The predicted molar refractivity (Wildman–Crippen MR) is 149 cm³/mol. The minimum Gasteiger partial charge on any atom is -0.492 e. The lowest BCUT2D eigenvalue weighted by molar-refractivity contribution is -0.136. The Bertz CT molecular complexity index is 1140. The van der Waals surface area contributed by atoms with Gasteiger partial charge in [0.25, 0.3) is 0 Å². The summed E-state index contributed by atoms with van der Waals surface area (Å²) in [5.74, 6) is 0.146. The van der Waals surface area contributed by atoms with E-state index in [0.717, 1.165) is 29.8 Å². The minimum absolute atomic E-state index is 0.209. The Morgan fingerprint density at radius 3 is 2.62 bits per heavy atom. The zero-order chi connectivity index (χ0) is 27.7. The maximum absolute atomic E-state index is 13.7. The number of aromatic nitrogens is 2. The van der Waals surface area contributed by atoms with Gasteiger partial charge in [-0.15, -0.1) is 0 Å². The van der Waals surface area contributed by atoms with Crippen LogP contribution in [0.2, 0.25) is 0 Å². The third-order valence-electron chi connectivity index (χ3n) is 7.24. The smallest absolute Gasteiger partial charge is 0.246 e. The summed E-state index contributed by atoms with van der Waals surface area (Å²) < 4.78 is 6.02. The van der Waals surface area contributed by atoms with Crippen LogP contribution in [-0.2, 0) is 20.8 Å². The Morgan fingerprint density at radius 1 is 1.08 bits per heavy atom. The molecule has 3 amide bonds. The van der Waals surface area contributed by atoms with Crippen molar-refractivity contribution < 1.29 is 19.1 Å². The molecule has 1 aromatic heterocycles. The molecular weight excluding hydrogens is 496 g/mol. The molecule has 4 rings (SSSR count). The summed E-state index contributed by atoms with van der Waals surface area (Å²) in [6.07, 6.45) is 10.5. The SMILES string of the molecule is CC(C)CC1NCCOc2ccccc2/C=C\CNC(=O)C(Cc2cnc[nH]2)NC(=O)C2(CCCC2)NC1=O. The maximum atomic E-state index is 13.7. The summed E-state index contributed by atoms with van der Waals surface area (Å²) in [6, 6.07) is 6.36. The molecule has 2 aromatic rings. The number of fused-ring (bicyclic) bond motifs is 1. The fourth-order valence-electron chi connectivity index (χ4n) is 5.20. The Hall–Kier alpha value is -3.66. The van der Waals surface area contributed by atoms with E-state index >= 15 is 0 Å². The van der Waals surface area contributed by atoms with Crippen molar-refractivity contribution in [3.05, 3.63) is 54.1 Å². The second-order valence-corrected chi connectivity index (χ2v) is 10.8. The molecule has 2 atom stereocenters. The van der Waals surface area contributed by atoms with Gasteiger partial charge in [-0.2, -0.15) is 0 Å². The number of hydrogen-bond donors (Lipinski definition) is 5. The van der Waals surface area contributed by atoms with E-state index in [1.807, 2.05) is 36.4 Å². The number of carbonyl (C=O) groups is 3. The molecule has 2 aliphatic rings. The van der Waals surface area contributed by atoms with Crippen molar-refractivity contribution >= 4 is 23.8 Å². The minimum atomic E-state index is -1.05. The average molecular weight is 537 g/mol. The molecule has 1 aliphatic heterocycles. The zero-order valence-corrected chi connectivity index (χ0v) is 22.8. The molecule has 1 fully saturated rings. The van der Waals surface area contributed by atoms with Crippen LogP contribution in [0.5, 0.6) is 5.75 Å². The molecule has 1 aliphatic carbocycles. The van der Waals surface area contributed by atoms with Crippen molar-refractivity contribution in [3.63, 3.8) is 0 Å². The fraction of sp³-hybridized carbons (Fsp3) is 0.517. The molecular formula is C29H40N6O4. The number of rotatable bonds is 4. The number of imidazole rings is 1. The van der Waals surface area contributed by atoms with E-state index in [2.05, 4.69) is 45.1 Å². The molecule has 0 bridgehead atoms. The van der Waals surface area contributed by atoms with E-state index in [1.54, 1.807) is 12.5 Å². The van der Waals surface area contributed by atoms with Gasteiger partial charge in [0.05, 0.1) is 12.4 Å². The lowest BCUT2D eigenvalue weighted by atomic mass is 9.93. The van der Waals surface area contributed by atoms with Gasteiger partial charge in [0.15, 0.2) is 0 Å². The van der Waals surface area contributed by atoms with Gasteiger partial charge in [-0.25, -0.2) is 4.98 Å². The van der Waals surface area contributed by atoms with Crippen LogP contribution in [0.1, 0.15) is 57.2 Å². The van der Waals surface area contributed by atoms with Crippen molar-refractivity contribution in [2.75, 3.05) is 19.7 Å². The first-order chi connectivity index (χ1) is 18.9. The molecule has 39 heavy (non-hydrogen) atoms. The summed E-state index contributed by atoms with van der Waals surface area (Å²) in [5, 5.41) is 12.3. The first-order valence-electron chi connectivity index (χ1n) is 13.9. The highest BCUT2D eigenvalue weighted by Crippen LogP contribution is 2.30. The largest absolute Gasteiger partial charge is 0.492 e. The Kier molecular flexibility index (Phi) is 9.75. The van der Waals surface area contributed by atoms with E-state index in [4.69, 9.17) is 4.74 Å².